The molecule has 1 saturated heterocycles. The number of ether oxygens (including phenoxy) is 1. The van der Waals surface area contributed by atoms with E-state index in [4.69, 9.17) is 27.9 Å². The standard InChI is InChI=1S/C30H37Cl2N7O4/c1-16(33-5)27(40)38-25(30(2,3)4)29(42)39(28(41)21-8-7-11-34-21)23-13-18-22(14-24(23)43-6)35-15-36-26(18)37-20-10-9-17(31)12-19(20)32/h9-10,12-16,21,25,33-34H,7-8,11H2,1-6H3,(H,38,40)(H,35,36,37)/t16-,21-,25+/m0/s1. The number of benzene rings is 2. The number of nitrogens with one attached hydrogen (secondary N) is 4. The lowest BCUT2D eigenvalue weighted by Gasteiger charge is -2.36. The lowest BCUT2D eigenvalue weighted by Crippen LogP contribution is -2.60. The van der Waals surface area contributed by atoms with Gasteiger partial charge >= 0.3 is 0 Å². The monoisotopic (exact) mass is 629 g/mol. The molecule has 2 heterocycles. The van der Waals surface area contributed by atoms with Crippen molar-refractivity contribution in [2.45, 2.75) is 58.7 Å². The summed E-state index contributed by atoms with van der Waals surface area (Å²) in [4.78, 5) is 51.5. The third-order valence-corrected chi connectivity index (χ3v) is 7.93. The maximum atomic E-state index is 14.5. The molecular formula is C30H37Cl2N7O4. The number of methoxy groups -OCH3 is 1. The van der Waals surface area contributed by atoms with Crippen LogP contribution in [0.3, 0.4) is 0 Å². The highest BCUT2D eigenvalue weighted by Crippen LogP contribution is 2.38. The predicted octanol–water partition coefficient (Wildman–Crippen LogP) is 4.44. The Hall–Kier alpha value is -3.51. The zero-order valence-corrected chi connectivity index (χ0v) is 26.6. The molecule has 3 atom stereocenters. The molecule has 2 aromatic carbocycles. The van der Waals surface area contributed by atoms with Crippen LogP contribution in [0.5, 0.6) is 5.75 Å². The van der Waals surface area contributed by atoms with Crippen molar-refractivity contribution in [2.24, 2.45) is 5.41 Å². The van der Waals surface area contributed by atoms with E-state index in [1.165, 1.54) is 13.4 Å². The molecule has 43 heavy (non-hydrogen) atoms. The van der Waals surface area contributed by atoms with Gasteiger partial charge in [0.1, 0.15) is 23.9 Å². The van der Waals surface area contributed by atoms with Crippen LogP contribution < -0.4 is 30.9 Å². The molecule has 0 unspecified atom stereocenters. The van der Waals surface area contributed by atoms with Crippen molar-refractivity contribution in [3.63, 3.8) is 0 Å². The van der Waals surface area contributed by atoms with Gasteiger partial charge in [-0.2, -0.15) is 0 Å². The van der Waals surface area contributed by atoms with Gasteiger partial charge in [-0.15, -0.1) is 0 Å². The van der Waals surface area contributed by atoms with E-state index < -0.39 is 35.4 Å². The van der Waals surface area contributed by atoms with Gasteiger partial charge in [-0.05, 0) is 63.0 Å². The van der Waals surface area contributed by atoms with Gasteiger partial charge in [-0.1, -0.05) is 44.0 Å². The van der Waals surface area contributed by atoms with E-state index in [0.717, 1.165) is 11.3 Å². The van der Waals surface area contributed by atoms with Gasteiger partial charge in [-0.25, -0.2) is 14.9 Å². The largest absolute Gasteiger partial charge is 0.494 e. The van der Waals surface area contributed by atoms with Crippen LogP contribution in [0.15, 0.2) is 36.7 Å². The highest BCUT2D eigenvalue weighted by atomic mass is 35.5. The minimum absolute atomic E-state index is 0.198. The molecule has 230 valence electrons. The first-order valence-corrected chi connectivity index (χ1v) is 14.7. The third-order valence-electron chi connectivity index (χ3n) is 7.39. The fraction of sp³-hybridized carbons (Fsp3) is 0.433. The highest BCUT2D eigenvalue weighted by Gasteiger charge is 2.42. The average molecular weight is 631 g/mol. The van der Waals surface area contributed by atoms with Crippen molar-refractivity contribution in [3.8, 4) is 5.75 Å². The number of aromatic nitrogens is 2. The summed E-state index contributed by atoms with van der Waals surface area (Å²) in [6.45, 7) is 7.84. The minimum atomic E-state index is -1.04. The molecule has 1 aromatic heterocycles. The quantitative estimate of drug-likeness (QED) is 0.271. The fourth-order valence-electron chi connectivity index (χ4n) is 4.80. The molecule has 13 heteroatoms. The predicted molar refractivity (Wildman–Crippen MR) is 169 cm³/mol. The van der Waals surface area contributed by atoms with Crippen molar-refractivity contribution in [1.82, 2.24) is 25.9 Å². The third kappa shape index (κ3) is 7.18. The van der Waals surface area contributed by atoms with Crippen LogP contribution >= 0.6 is 23.2 Å². The zero-order chi connectivity index (χ0) is 31.5. The normalized spacial score (nSPS) is 16.4. The van der Waals surface area contributed by atoms with Crippen molar-refractivity contribution < 1.29 is 19.1 Å². The van der Waals surface area contributed by atoms with Crippen LogP contribution in [0.4, 0.5) is 17.2 Å². The van der Waals surface area contributed by atoms with E-state index in [1.807, 2.05) is 20.8 Å². The lowest BCUT2D eigenvalue weighted by molar-refractivity contribution is -0.134. The molecule has 0 spiro atoms. The molecular weight excluding hydrogens is 593 g/mol. The van der Waals surface area contributed by atoms with E-state index in [-0.39, 0.29) is 17.3 Å². The molecule has 3 amide bonds. The van der Waals surface area contributed by atoms with Gasteiger partial charge in [0.2, 0.25) is 5.91 Å². The SMILES string of the molecule is CN[C@@H](C)C(=O)N[C@H](C(=O)N(C(=O)[C@@H]1CCCN1)c1cc2c(Nc3ccc(Cl)cc3Cl)ncnc2cc1OC)C(C)(C)C. The van der Waals surface area contributed by atoms with Crippen molar-refractivity contribution in [2.75, 3.05) is 30.9 Å². The summed E-state index contributed by atoms with van der Waals surface area (Å²) in [5.41, 5.74) is 0.513. The van der Waals surface area contributed by atoms with Crippen LogP contribution in [0.1, 0.15) is 40.5 Å². The molecule has 0 bridgehead atoms. The molecule has 11 nitrogen and oxygen atoms in total. The van der Waals surface area contributed by atoms with Crippen molar-refractivity contribution in [1.29, 1.82) is 0 Å². The molecule has 4 N–H and O–H groups in total. The summed E-state index contributed by atoms with van der Waals surface area (Å²) < 4.78 is 5.71. The summed E-state index contributed by atoms with van der Waals surface area (Å²) in [7, 11) is 3.11. The molecule has 0 aliphatic carbocycles. The van der Waals surface area contributed by atoms with Gasteiger partial charge in [0.05, 0.1) is 41.1 Å². The minimum Gasteiger partial charge on any atom is -0.494 e. The molecule has 3 aromatic rings. The van der Waals surface area contributed by atoms with Crippen LogP contribution in [0.25, 0.3) is 10.9 Å². The highest BCUT2D eigenvalue weighted by molar-refractivity contribution is 6.36. The molecule has 4 rings (SSSR count). The van der Waals surface area contributed by atoms with E-state index in [1.54, 1.807) is 44.3 Å². The molecule has 0 radical (unpaired) electrons. The van der Waals surface area contributed by atoms with Crippen LogP contribution in [-0.2, 0) is 14.4 Å². The Balaban J connectivity index is 1.88. The summed E-state index contributed by atoms with van der Waals surface area (Å²) in [5, 5.41) is 13.5. The van der Waals surface area contributed by atoms with Crippen LogP contribution in [0, 0.1) is 5.41 Å². The second kappa shape index (κ2) is 13.4. The van der Waals surface area contributed by atoms with Gasteiger partial charge < -0.3 is 26.0 Å². The first-order valence-electron chi connectivity index (χ1n) is 14.0. The molecule has 1 fully saturated rings. The van der Waals surface area contributed by atoms with Gasteiger partial charge in [0.15, 0.2) is 0 Å². The maximum absolute atomic E-state index is 14.5. The van der Waals surface area contributed by atoms with E-state index >= 15 is 0 Å². The van der Waals surface area contributed by atoms with Gasteiger partial charge in [0, 0.05) is 16.5 Å². The fourth-order valence-corrected chi connectivity index (χ4v) is 5.26. The molecule has 0 saturated carbocycles. The Morgan fingerprint density at radius 3 is 2.49 bits per heavy atom. The number of likely N-dealkylation sites (N-methyl/N-ethyl adjacent to an activating group) is 1. The number of carbonyl (C=O) groups excluding carboxylic acids is 3. The average Bonchev–Trinajstić information content (AvgIpc) is 3.51. The number of hydrogen-bond donors (Lipinski definition) is 4. The topological polar surface area (TPSA) is 138 Å². The Bertz CT molecular complexity index is 1520. The number of imide groups is 1. The zero-order valence-electron chi connectivity index (χ0n) is 25.0. The Labute approximate surface area is 261 Å². The Morgan fingerprint density at radius 1 is 1.14 bits per heavy atom. The Morgan fingerprint density at radius 2 is 1.88 bits per heavy atom. The number of halogens is 2. The number of carbonyl (C=O) groups is 3. The summed E-state index contributed by atoms with van der Waals surface area (Å²) in [5.74, 6) is -0.762. The number of rotatable bonds is 9. The summed E-state index contributed by atoms with van der Waals surface area (Å²) >= 11 is 12.5. The van der Waals surface area contributed by atoms with Crippen LogP contribution in [-0.4, -0.2) is 66.5 Å². The maximum Gasteiger partial charge on any atom is 0.257 e. The van der Waals surface area contributed by atoms with E-state index in [9.17, 15) is 14.4 Å². The first-order chi connectivity index (χ1) is 20.3. The first kappa shape index (κ1) is 32.4. The van der Waals surface area contributed by atoms with E-state index in [2.05, 4.69) is 31.2 Å². The van der Waals surface area contributed by atoms with Crippen molar-refractivity contribution in [3.05, 3.63) is 46.7 Å². The smallest absolute Gasteiger partial charge is 0.257 e. The number of hydrogen-bond acceptors (Lipinski definition) is 9. The lowest BCUT2D eigenvalue weighted by atomic mass is 9.85. The Kier molecular flexibility index (Phi) is 10.1. The van der Waals surface area contributed by atoms with Gasteiger partial charge in [0.25, 0.3) is 11.8 Å². The van der Waals surface area contributed by atoms with Crippen LogP contribution in [0.2, 0.25) is 10.0 Å². The number of anilines is 3. The molecule has 1 aliphatic rings. The summed E-state index contributed by atoms with van der Waals surface area (Å²) in [6.07, 6.45) is 2.74. The van der Waals surface area contributed by atoms with Crippen molar-refractivity contribution >= 4 is 69.0 Å². The number of amides is 3. The molecule has 1 aliphatic heterocycles. The van der Waals surface area contributed by atoms with Gasteiger partial charge in [-0.3, -0.25) is 14.4 Å². The second-order valence-electron chi connectivity index (χ2n) is 11.5. The number of fused-ring (bicyclic) bond motifs is 1. The summed E-state index contributed by atoms with van der Waals surface area (Å²) in [6, 6.07) is 6.11. The second-order valence-corrected chi connectivity index (χ2v) is 12.3. The number of nitrogens with zero attached hydrogens (tertiary/aromatic N) is 3. The van der Waals surface area contributed by atoms with E-state index in [0.29, 0.717) is 45.4 Å².